The van der Waals surface area contributed by atoms with Gasteiger partial charge < -0.3 is 9.47 Å². The van der Waals surface area contributed by atoms with Crippen molar-refractivity contribution in [1.29, 1.82) is 0 Å². The lowest BCUT2D eigenvalue weighted by atomic mass is 9.95. The summed E-state index contributed by atoms with van der Waals surface area (Å²) in [7, 11) is 2.23. The highest BCUT2D eigenvalue weighted by Gasteiger charge is 2.31. The Morgan fingerprint density at radius 2 is 1.71 bits per heavy atom. The molecule has 1 aromatic carbocycles. The van der Waals surface area contributed by atoms with Crippen molar-refractivity contribution < 1.29 is 0 Å². The molecule has 2 aliphatic heterocycles. The summed E-state index contributed by atoms with van der Waals surface area (Å²) in [5.74, 6) is 1.22. The number of aromatic nitrogens is 3. The van der Waals surface area contributed by atoms with Gasteiger partial charge in [-0.3, -0.25) is 10.3 Å². The molecule has 0 amide bonds. The van der Waals surface area contributed by atoms with Gasteiger partial charge in [0.25, 0.3) is 0 Å². The summed E-state index contributed by atoms with van der Waals surface area (Å²) in [5, 5.41) is 3.88. The van der Waals surface area contributed by atoms with Crippen molar-refractivity contribution in [2.24, 2.45) is 0 Å². The monoisotopic (exact) mass is 375 g/mol. The Kier molecular flexibility index (Phi) is 4.87. The van der Waals surface area contributed by atoms with Gasteiger partial charge in [0.2, 0.25) is 0 Å². The van der Waals surface area contributed by atoms with Crippen LogP contribution < -0.4 is 5.32 Å². The number of pyridine rings is 1. The lowest BCUT2D eigenvalue weighted by Crippen LogP contribution is -2.36. The fraction of sp³-hybridized carbons (Fsp3) is 0.478. The van der Waals surface area contributed by atoms with E-state index in [0.29, 0.717) is 12.1 Å². The van der Waals surface area contributed by atoms with Gasteiger partial charge in [0.1, 0.15) is 5.82 Å². The first kappa shape index (κ1) is 17.8. The fourth-order valence-electron chi connectivity index (χ4n) is 4.90. The van der Waals surface area contributed by atoms with Gasteiger partial charge in [-0.15, -0.1) is 0 Å². The van der Waals surface area contributed by atoms with Crippen LogP contribution in [0.1, 0.15) is 61.7 Å². The largest absolute Gasteiger partial charge is 0.323 e. The molecule has 2 aromatic heterocycles. The van der Waals surface area contributed by atoms with Crippen LogP contribution >= 0.6 is 0 Å². The molecule has 1 N–H and O–H groups in total. The molecule has 5 rings (SSSR count). The van der Waals surface area contributed by atoms with Crippen LogP contribution in [-0.2, 0) is 0 Å². The maximum atomic E-state index is 5.13. The summed E-state index contributed by atoms with van der Waals surface area (Å²) in [6.07, 6.45) is 7.77. The molecular formula is C23H29N5. The normalized spacial score (nSPS) is 24.6. The minimum absolute atomic E-state index is 0.285. The van der Waals surface area contributed by atoms with E-state index in [9.17, 15) is 0 Å². The van der Waals surface area contributed by atoms with Crippen LogP contribution in [0.3, 0.4) is 0 Å². The van der Waals surface area contributed by atoms with Crippen molar-refractivity contribution in [2.75, 3.05) is 20.1 Å². The minimum Gasteiger partial charge on any atom is -0.323 e. The van der Waals surface area contributed by atoms with E-state index in [4.69, 9.17) is 4.98 Å². The number of hydrogen-bond donors (Lipinski definition) is 1. The van der Waals surface area contributed by atoms with E-state index in [2.05, 4.69) is 63.2 Å². The summed E-state index contributed by atoms with van der Waals surface area (Å²) in [4.78, 5) is 12.2. The molecule has 0 aliphatic carbocycles. The van der Waals surface area contributed by atoms with Crippen LogP contribution in [0.15, 0.2) is 48.7 Å². The highest BCUT2D eigenvalue weighted by atomic mass is 15.2. The number of imidazole rings is 1. The molecule has 0 saturated carbocycles. The van der Waals surface area contributed by atoms with E-state index in [0.717, 1.165) is 37.1 Å². The Balaban J connectivity index is 1.50. The van der Waals surface area contributed by atoms with E-state index < -0.39 is 0 Å². The van der Waals surface area contributed by atoms with Gasteiger partial charge in [-0.05, 0) is 76.5 Å². The van der Waals surface area contributed by atoms with Crippen LogP contribution in [0.2, 0.25) is 0 Å². The van der Waals surface area contributed by atoms with Crippen molar-refractivity contribution in [1.82, 2.24) is 24.8 Å². The smallest absolute Gasteiger partial charge is 0.127 e. The zero-order valence-electron chi connectivity index (χ0n) is 16.6. The third kappa shape index (κ3) is 3.33. The number of fused-ring (bicyclic) bond motifs is 1. The third-order valence-electron chi connectivity index (χ3n) is 6.42. The Morgan fingerprint density at radius 3 is 2.54 bits per heavy atom. The Morgan fingerprint density at radius 1 is 0.929 bits per heavy atom. The highest BCUT2D eigenvalue weighted by Crippen LogP contribution is 2.36. The van der Waals surface area contributed by atoms with Gasteiger partial charge in [0.15, 0.2) is 0 Å². The molecule has 3 aromatic rings. The predicted octanol–water partition coefficient (Wildman–Crippen LogP) is 4.25. The van der Waals surface area contributed by atoms with E-state index in [1.54, 1.807) is 0 Å². The molecule has 146 valence electrons. The quantitative estimate of drug-likeness (QED) is 0.743. The maximum absolute atomic E-state index is 5.13. The van der Waals surface area contributed by atoms with Crippen LogP contribution in [0.25, 0.3) is 11.0 Å². The van der Waals surface area contributed by atoms with Gasteiger partial charge in [-0.2, -0.15) is 0 Å². The number of para-hydroxylation sites is 2. The van der Waals surface area contributed by atoms with E-state index in [1.165, 1.54) is 30.6 Å². The first-order valence-electron chi connectivity index (χ1n) is 10.6. The minimum atomic E-state index is 0.285. The van der Waals surface area contributed by atoms with Crippen LogP contribution in [0.4, 0.5) is 0 Å². The summed E-state index contributed by atoms with van der Waals surface area (Å²) in [6, 6.07) is 16.0. The van der Waals surface area contributed by atoms with Crippen LogP contribution in [0, 0.1) is 0 Å². The van der Waals surface area contributed by atoms with Crippen molar-refractivity contribution in [2.45, 2.75) is 50.2 Å². The summed E-state index contributed by atoms with van der Waals surface area (Å²) < 4.78 is 2.56. The maximum Gasteiger partial charge on any atom is 0.127 e. The van der Waals surface area contributed by atoms with Gasteiger partial charge in [0, 0.05) is 12.2 Å². The average molecular weight is 376 g/mol. The molecule has 5 nitrogen and oxygen atoms in total. The van der Waals surface area contributed by atoms with E-state index in [1.807, 2.05) is 12.3 Å². The summed E-state index contributed by atoms with van der Waals surface area (Å²) in [5.41, 5.74) is 3.56. The zero-order valence-corrected chi connectivity index (χ0v) is 16.6. The molecular weight excluding hydrogens is 346 g/mol. The highest BCUT2D eigenvalue weighted by molar-refractivity contribution is 5.76. The topological polar surface area (TPSA) is 46.0 Å². The molecule has 28 heavy (non-hydrogen) atoms. The summed E-state index contributed by atoms with van der Waals surface area (Å²) in [6.45, 7) is 2.32. The number of piperidine rings is 2. The summed E-state index contributed by atoms with van der Waals surface area (Å²) >= 11 is 0. The second-order valence-electron chi connectivity index (χ2n) is 8.32. The Hall–Kier alpha value is -2.24. The molecule has 0 radical (unpaired) electrons. The van der Waals surface area contributed by atoms with Crippen LogP contribution in [0.5, 0.6) is 0 Å². The number of hydrogen-bond acceptors (Lipinski definition) is 4. The molecule has 4 heterocycles. The van der Waals surface area contributed by atoms with Gasteiger partial charge in [0.05, 0.1) is 28.8 Å². The SMILES string of the molecule is CN1CCC(n2c(C3CCCC(c4ccccn4)N3)nc3ccccc32)CC1. The number of benzene rings is 1. The number of nitrogens with zero attached hydrogens (tertiary/aromatic N) is 4. The van der Waals surface area contributed by atoms with E-state index in [-0.39, 0.29) is 6.04 Å². The molecule has 2 atom stereocenters. The number of likely N-dealkylation sites (tertiary alicyclic amines) is 1. The molecule has 0 bridgehead atoms. The molecule has 2 fully saturated rings. The molecule has 2 unspecified atom stereocenters. The Labute approximate surface area is 166 Å². The van der Waals surface area contributed by atoms with Gasteiger partial charge in [-0.25, -0.2) is 4.98 Å². The number of nitrogens with one attached hydrogen (secondary N) is 1. The van der Waals surface area contributed by atoms with Crippen molar-refractivity contribution in [3.8, 4) is 0 Å². The van der Waals surface area contributed by atoms with Crippen molar-refractivity contribution >= 4 is 11.0 Å². The lowest BCUT2D eigenvalue weighted by Gasteiger charge is -2.35. The Bertz CT molecular complexity index is 927. The second kappa shape index (κ2) is 7.64. The lowest BCUT2D eigenvalue weighted by molar-refractivity contribution is 0.215. The first-order chi connectivity index (χ1) is 13.8. The molecule has 2 aliphatic rings. The third-order valence-corrected chi connectivity index (χ3v) is 6.42. The molecule has 0 spiro atoms. The molecule has 5 heteroatoms. The second-order valence-corrected chi connectivity index (χ2v) is 8.32. The number of rotatable bonds is 3. The van der Waals surface area contributed by atoms with Crippen molar-refractivity contribution in [3.05, 3.63) is 60.2 Å². The predicted molar refractivity (Wildman–Crippen MR) is 112 cm³/mol. The molecule has 2 saturated heterocycles. The van der Waals surface area contributed by atoms with Crippen LogP contribution in [-0.4, -0.2) is 39.6 Å². The fourth-order valence-corrected chi connectivity index (χ4v) is 4.90. The van der Waals surface area contributed by atoms with Gasteiger partial charge >= 0.3 is 0 Å². The standard InChI is InChI=1S/C23H29N5/c1-27-15-12-17(13-16-27)28-22-11-3-2-8-20(22)26-23(28)21-10-6-9-19(25-21)18-7-4-5-14-24-18/h2-5,7-8,11,14,17,19,21,25H,6,9-10,12-13,15-16H2,1H3. The zero-order chi connectivity index (χ0) is 18.9. The van der Waals surface area contributed by atoms with E-state index >= 15 is 0 Å². The average Bonchev–Trinajstić information content (AvgIpc) is 3.15. The first-order valence-corrected chi connectivity index (χ1v) is 10.6. The van der Waals surface area contributed by atoms with Crippen molar-refractivity contribution in [3.63, 3.8) is 0 Å². The van der Waals surface area contributed by atoms with Gasteiger partial charge in [-0.1, -0.05) is 18.2 Å².